The van der Waals surface area contributed by atoms with Crippen molar-refractivity contribution in [3.05, 3.63) is 110 Å². The summed E-state index contributed by atoms with van der Waals surface area (Å²) < 4.78 is 5.69. The van der Waals surface area contributed by atoms with Crippen LogP contribution < -0.4 is 24.8 Å². The first-order chi connectivity index (χ1) is 18.3. The summed E-state index contributed by atoms with van der Waals surface area (Å²) >= 11 is 0. The molecule has 17 heteroatoms. The molecule has 226 valence electrons. The number of halogens is 2. The Labute approximate surface area is 291 Å². The van der Waals surface area contributed by atoms with E-state index in [-0.39, 0.29) is 79.9 Å². The molecule has 0 saturated carbocycles. The minimum absolute atomic E-state index is 0. The first kappa shape index (κ1) is 41.5. The Morgan fingerprint density at radius 3 is 1.05 bits per heavy atom. The van der Waals surface area contributed by atoms with Gasteiger partial charge >= 0.3 is 45.7 Å². The number of hydrogen-bond donors (Lipinski definition) is 0. The van der Waals surface area contributed by atoms with Gasteiger partial charge in [-0.3, -0.25) is 15.0 Å². The van der Waals surface area contributed by atoms with E-state index < -0.39 is 7.12 Å². The molecule has 0 radical (unpaired) electrons. The summed E-state index contributed by atoms with van der Waals surface area (Å²) in [4.78, 5) is 13.3. The van der Waals surface area contributed by atoms with Crippen molar-refractivity contribution >= 4 is 7.12 Å². The van der Waals surface area contributed by atoms with Gasteiger partial charge in [0.05, 0.1) is 23.2 Å². The first-order valence-corrected chi connectivity index (χ1v) is 11.6. The maximum atomic E-state index is 7.32. The third-order valence-electron chi connectivity index (χ3n) is 5.57. The summed E-state index contributed by atoms with van der Waals surface area (Å²) in [6, 6.07) is 24.9. The van der Waals surface area contributed by atoms with E-state index in [4.69, 9.17) is 20.6 Å². The van der Waals surface area contributed by atoms with Gasteiger partial charge in [0.1, 0.15) is 17.1 Å². The monoisotopic (exact) mass is 771 g/mol. The average molecular weight is 772 g/mol. The van der Waals surface area contributed by atoms with Crippen molar-refractivity contribution in [2.45, 2.75) is 6.92 Å². The number of nitriles is 1. The van der Waals surface area contributed by atoms with E-state index in [1.165, 1.54) is 6.92 Å². The molecule has 0 saturated heterocycles. The van der Waals surface area contributed by atoms with Crippen molar-refractivity contribution in [2.75, 3.05) is 0 Å². The van der Waals surface area contributed by atoms with E-state index >= 15 is 0 Å². The Bertz CT molecular complexity index is 1450. The third kappa shape index (κ3) is 9.97. The van der Waals surface area contributed by atoms with Crippen LogP contribution in [-0.2, 0) is 16.4 Å². The molecule has 0 atom stereocenters. The van der Waals surface area contributed by atoms with Crippen LogP contribution in [0.4, 0.5) is 0 Å². The van der Waals surface area contributed by atoms with Crippen molar-refractivity contribution < 1.29 is 79.9 Å². The van der Waals surface area contributed by atoms with E-state index in [9.17, 15) is 0 Å². The Hall–Kier alpha value is -3.62. The van der Waals surface area contributed by atoms with Gasteiger partial charge in [0.15, 0.2) is 0 Å². The molecule has 0 spiro atoms. The van der Waals surface area contributed by atoms with Crippen LogP contribution in [0.5, 0.6) is 0 Å². The van der Waals surface area contributed by atoms with Crippen molar-refractivity contribution in [3.63, 3.8) is 0 Å². The van der Waals surface area contributed by atoms with Crippen LogP contribution in [0.2, 0.25) is 0 Å². The van der Waals surface area contributed by atoms with Gasteiger partial charge in [0.25, 0.3) is 0 Å². The van der Waals surface area contributed by atoms with Crippen LogP contribution in [0.25, 0.3) is 34.2 Å². The fraction of sp³-hybridized carbons (Fsp3) is 0.0385. The van der Waals surface area contributed by atoms with Crippen LogP contribution in [0.15, 0.2) is 110 Å². The predicted octanol–water partition coefficient (Wildman–Crippen LogP) is -5.10. The molecule has 6 aromatic rings. The van der Waals surface area contributed by atoms with Gasteiger partial charge < -0.3 is 55.0 Å². The molecule has 0 fully saturated rings. The maximum Gasteiger partial charge on any atom is 3.00 e. The van der Waals surface area contributed by atoms with Gasteiger partial charge in [-0.15, -0.1) is 0 Å². The van der Waals surface area contributed by atoms with E-state index in [0.717, 1.165) is 34.2 Å². The van der Waals surface area contributed by atoms with Crippen LogP contribution in [0.3, 0.4) is 0 Å². The number of rotatable bonds is 6. The summed E-state index contributed by atoms with van der Waals surface area (Å²) in [6.45, 7) is 1.43. The molecule has 0 bridgehead atoms. The zero-order valence-electron chi connectivity index (χ0n) is 22.9. The standard InChI is InChI=1S/C24H19BN9.C2H3N.2ClH.3H2O.Tb/c1-4-13-26-19(7-1)22-10-16-32(29-22)25(33-17-11-23(30-33)20-8-2-5-14-27-20)34-18-12-24(31-34)21-9-3-6-15-28-21;1-2-3;;;;;;/h1-18,25H;1H3;2*1H;3*1H2;/q-1;;;;;;;+3/p+1. The molecule has 13 nitrogen and oxygen atoms in total. The Morgan fingerprint density at radius 1 is 0.535 bits per heavy atom. The van der Waals surface area contributed by atoms with Crippen molar-refractivity contribution in [2.24, 2.45) is 0 Å². The summed E-state index contributed by atoms with van der Waals surface area (Å²) in [6.07, 6.45) is 11.1. The second kappa shape index (κ2) is 20.3. The summed E-state index contributed by atoms with van der Waals surface area (Å²) in [7, 11) is -1.56. The minimum atomic E-state index is -1.56. The van der Waals surface area contributed by atoms with Gasteiger partial charge in [-0.05, 0) is 73.2 Å². The van der Waals surface area contributed by atoms with Crippen LogP contribution in [0.1, 0.15) is 6.92 Å². The number of aromatic nitrogens is 9. The topological polar surface area (TPSA) is 215 Å². The molecule has 0 aliphatic rings. The van der Waals surface area contributed by atoms with E-state index in [0.29, 0.717) is 0 Å². The normalized spacial score (nSPS) is 9.05. The smallest absolute Gasteiger partial charge is 1.00 e. The maximum absolute atomic E-state index is 7.32. The van der Waals surface area contributed by atoms with E-state index in [1.54, 1.807) is 24.7 Å². The van der Waals surface area contributed by atoms with E-state index in [2.05, 4.69) is 15.0 Å². The van der Waals surface area contributed by atoms with Crippen LogP contribution >= 0.6 is 0 Å². The van der Waals surface area contributed by atoms with Crippen LogP contribution in [0, 0.1) is 49.9 Å². The SMILES string of the molecule is CC#N.[Cl-].[Cl-].[OH3+].[OH3+].[OH3+].[Tb+3].c1ccc(-c2ccn([BH-](n3ccc(-c4ccccn4)n3)n3ccc(-c4ccccn4)n3)n2)nc1. The van der Waals surface area contributed by atoms with Crippen molar-refractivity contribution in [1.29, 1.82) is 5.26 Å². The third-order valence-corrected chi connectivity index (χ3v) is 5.57. The van der Waals surface area contributed by atoms with Crippen LogP contribution in [-0.4, -0.2) is 51.1 Å². The molecule has 0 aliphatic heterocycles. The zero-order chi connectivity index (χ0) is 25.5. The fourth-order valence-electron chi connectivity index (χ4n) is 3.96. The van der Waals surface area contributed by atoms with Gasteiger partial charge in [0.2, 0.25) is 0 Å². The largest absolute Gasteiger partial charge is 3.00 e. The molecular formula is C26H31BCl2N10O3Tb+3. The molecule has 0 unspecified atom stereocenters. The molecular weight excluding hydrogens is 741 g/mol. The zero-order valence-corrected chi connectivity index (χ0v) is 26.5. The Kier molecular flexibility index (Phi) is 19.6. The minimum Gasteiger partial charge on any atom is -1.00 e. The molecule has 0 amide bonds. The quantitative estimate of drug-likeness (QED) is 0.119. The average Bonchev–Trinajstić information content (AvgIpc) is 3.73. The fourth-order valence-corrected chi connectivity index (χ4v) is 3.96. The molecule has 0 aliphatic carbocycles. The van der Waals surface area contributed by atoms with Gasteiger partial charge in [-0.25, -0.2) is 15.3 Å². The summed E-state index contributed by atoms with van der Waals surface area (Å²) in [5, 5.41) is 21.8. The van der Waals surface area contributed by atoms with Crippen molar-refractivity contribution in [3.8, 4) is 40.2 Å². The second-order valence-corrected chi connectivity index (χ2v) is 8.01. The molecule has 0 aromatic carbocycles. The van der Waals surface area contributed by atoms with Crippen molar-refractivity contribution in [1.82, 2.24) is 44.0 Å². The molecule has 9 N–H and O–H groups in total. The van der Waals surface area contributed by atoms with Gasteiger partial charge in [0, 0.05) is 25.5 Å². The number of nitrogens with zero attached hydrogens (tertiary/aromatic N) is 10. The van der Waals surface area contributed by atoms with Gasteiger partial charge in [-0.2, -0.15) is 5.26 Å². The summed E-state index contributed by atoms with van der Waals surface area (Å²) in [5.74, 6) is 0. The number of hydrogen-bond acceptors (Lipinski definition) is 7. The molecule has 6 rings (SSSR count). The molecule has 6 aromatic heterocycles. The molecule has 43 heavy (non-hydrogen) atoms. The molecule has 6 heterocycles. The van der Waals surface area contributed by atoms with Gasteiger partial charge in [-0.1, -0.05) is 18.2 Å². The second-order valence-electron chi connectivity index (χ2n) is 8.01. The Balaban J connectivity index is 0. The summed E-state index contributed by atoms with van der Waals surface area (Å²) in [5.41, 5.74) is 4.78. The Morgan fingerprint density at radius 2 is 0.814 bits per heavy atom. The number of pyridine rings is 3. The van der Waals surface area contributed by atoms with E-state index in [1.807, 2.05) is 105 Å². The predicted molar refractivity (Wildman–Crippen MR) is 156 cm³/mol. The first-order valence-electron chi connectivity index (χ1n) is 11.6.